The van der Waals surface area contributed by atoms with Crippen LogP contribution < -0.4 is 5.32 Å². The number of carbonyl (C=O) groups is 1. The van der Waals surface area contributed by atoms with Crippen molar-refractivity contribution in [2.24, 2.45) is 0 Å². The largest absolute Gasteiger partial charge is 0.506 e. The fourth-order valence-corrected chi connectivity index (χ4v) is 2.63. The van der Waals surface area contributed by atoms with Crippen LogP contribution in [-0.2, 0) is 0 Å². The number of hydrogen-bond donors (Lipinski definition) is 2. The predicted octanol–water partition coefficient (Wildman–Crippen LogP) is 2.26. The maximum Gasteiger partial charge on any atom is 0.251 e. The summed E-state index contributed by atoms with van der Waals surface area (Å²) >= 11 is 5.78. The van der Waals surface area contributed by atoms with E-state index in [1.807, 2.05) is 0 Å². The van der Waals surface area contributed by atoms with Gasteiger partial charge in [0.1, 0.15) is 5.75 Å². The Kier molecular flexibility index (Phi) is 4.66. The molecule has 1 aromatic carbocycles. The standard InChI is InChI=1S/C14H19ClN2O2/c1-17-8-2-3-11(17)6-7-16-14(19)10-4-5-13(18)12(15)9-10/h4-5,9,11,18H,2-3,6-8H2,1H3,(H,16,19)/t11-/m0/s1. The first-order chi connectivity index (χ1) is 9.08. The fourth-order valence-electron chi connectivity index (χ4n) is 2.45. The van der Waals surface area contributed by atoms with Gasteiger partial charge in [0.25, 0.3) is 5.91 Å². The van der Waals surface area contributed by atoms with Crippen molar-refractivity contribution in [3.05, 3.63) is 28.8 Å². The number of amides is 1. The average Bonchev–Trinajstić information content (AvgIpc) is 2.78. The van der Waals surface area contributed by atoms with Crippen LogP contribution in [0.1, 0.15) is 29.6 Å². The minimum absolute atomic E-state index is 0.00852. The molecular formula is C14H19ClN2O2. The molecule has 5 heteroatoms. The van der Waals surface area contributed by atoms with Gasteiger partial charge in [0.2, 0.25) is 0 Å². The number of carbonyl (C=O) groups excluding carboxylic acids is 1. The lowest BCUT2D eigenvalue weighted by atomic mass is 10.1. The number of likely N-dealkylation sites (tertiary alicyclic amines) is 1. The zero-order chi connectivity index (χ0) is 13.8. The molecule has 1 fully saturated rings. The molecule has 4 nitrogen and oxygen atoms in total. The normalized spacial score (nSPS) is 19.6. The minimum Gasteiger partial charge on any atom is -0.506 e. The molecule has 104 valence electrons. The molecule has 1 atom stereocenters. The average molecular weight is 283 g/mol. The molecule has 2 N–H and O–H groups in total. The maximum atomic E-state index is 11.9. The van der Waals surface area contributed by atoms with E-state index < -0.39 is 0 Å². The van der Waals surface area contributed by atoms with E-state index in [1.165, 1.54) is 25.0 Å². The highest BCUT2D eigenvalue weighted by Gasteiger charge is 2.20. The zero-order valence-corrected chi connectivity index (χ0v) is 11.8. The molecule has 1 amide bonds. The third-order valence-electron chi connectivity index (χ3n) is 3.64. The molecule has 2 rings (SSSR count). The number of nitrogens with one attached hydrogen (secondary N) is 1. The van der Waals surface area contributed by atoms with Crippen molar-refractivity contribution in [3.8, 4) is 5.75 Å². The molecule has 0 spiro atoms. The van der Waals surface area contributed by atoms with E-state index in [2.05, 4.69) is 17.3 Å². The summed E-state index contributed by atoms with van der Waals surface area (Å²) in [6.07, 6.45) is 3.41. The molecule has 1 saturated heterocycles. The molecule has 0 saturated carbocycles. The van der Waals surface area contributed by atoms with Crippen molar-refractivity contribution in [1.82, 2.24) is 10.2 Å². The molecule has 19 heavy (non-hydrogen) atoms. The highest BCUT2D eigenvalue weighted by molar-refractivity contribution is 6.32. The Labute approximate surface area is 118 Å². The first-order valence-corrected chi connectivity index (χ1v) is 6.92. The zero-order valence-electron chi connectivity index (χ0n) is 11.0. The van der Waals surface area contributed by atoms with Gasteiger partial charge >= 0.3 is 0 Å². The summed E-state index contributed by atoms with van der Waals surface area (Å²) in [7, 11) is 2.12. The summed E-state index contributed by atoms with van der Waals surface area (Å²) in [6.45, 7) is 1.80. The van der Waals surface area contributed by atoms with Crippen molar-refractivity contribution in [2.75, 3.05) is 20.1 Å². The SMILES string of the molecule is CN1CCC[C@H]1CCNC(=O)c1ccc(O)c(Cl)c1. The third kappa shape index (κ3) is 3.61. The van der Waals surface area contributed by atoms with Gasteiger partial charge in [0.05, 0.1) is 5.02 Å². The summed E-state index contributed by atoms with van der Waals surface area (Å²) in [5, 5.41) is 12.4. The molecule has 1 aromatic rings. The van der Waals surface area contributed by atoms with E-state index in [9.17, 15) is 9.90 Å². The number of hydrogen-bond acceptors (Lipinski definition) is 3. The second-order valence-corrected chi connectivity index (χ2v) is 5.39. The van der Waals surface area contributed by atoms with Crippen LogP contribution in [0.25, 0.3) is 0 Å². The van der Waals surface area contributed by atoms with Crippen molar-refractivity contribution >= 4 is 17.5 Å². The topological polar surface area (TPSA) is 52.6 Å². The summed E-state index contributed by atoms with van der Waals surface area (Å²) < 4.78 is 0. The second-order valence-electron chi connectivity index (χ2n) is 4.99. The molecule has 1 aliphatic rings. The molecule has 0 bridgehead atoms. The van der Waals surface area contributed by atoms with Crippen molar-refractivity contribution in [1.29, 1.82) is 0 Å². The van der Waals surface area contributed by atoms with Gasteiger partial charge in [-0.05, 0) is 51.1 Å². The number of aromatic hydroxyl groups is 1. The molecule has 0 unspecified atom stereocenters. The second kappa shape index (κ2) is 6.26. The van der Waals surface area contributed by atoms with Crippen LogP contribution in [0.2, 0.25) is 5.02 Å². The lowest BCUT2D eigenvalue weighted by Crippen LogP contribution is -2.31. The van der Waals surface area contributed by atoms with Gasteiger partial charge in [-0.3, -0.25) is 4.79 Å². The molecule has 1 aliphatic heterocycles. The first kappa shape index (κ1) is 14.2. The fraction of sp³-hybridized carbons (Fsp3) is 0.500. The number of phenols is 1. The Morgan fingerprint density at radius 2 is 2.37 bits per heavy atom. The third-order valence-corrected chi connectivity index (χ3v) is 3.95. The van der Waals surface area contributed by atoms with Crippen LogP contribution in [0.4, 0.5) is 0 Å². The summed E-state index contributed by atoms with van der Waals surface area (Å²) in [5.41, 5.74) is 0.475. The van der Waals surface area contributed by atoms with Crippen LogP contribution >= 0.6 is 11.6 Å². The van der Waals surface area contributed by atoms with Crippen LogP contribution in [0.5, 0.6) is 5.75 Å². The minimum atomic E-state index is -0.150. The van der Waals surface area contributed by atoms with E-state index >= 15 is 0 Å². The maximum absolute atomic E-state index is 11.9. The molecule has 0 aliphatic carbocycles. The van der Waals surface area contributed by atoms with Crippen molar-refractivity contribution in [3.63, 3.8) is 0 Å². The van der Waals surface area contributed by atoms with Crippen molar-refractivity contribution < 1.29 is 9.90 Å². The molecule has 0 aromatic heterocycles. The van der Waals surface area contributed by atoms with Crippen LogP contribution in [0, 0.1) is 0 Å². The number of halogens is 1. The van der Waals surface area contributed by atoms with Gasteiger partial charge in [-0.25, -0.2) is 0 Å². The van der Waals surface area contributed by atoms with Gasteiger partial charge in [-0.1, -0.05) is 11.6 Å². The number of benzene rings is 1. The predicted molar refractivity (Wildman–Crippen MR) is 75.7 cm³/mol. The molecular weight excluding hydrogens is 264 g/mol. The van der Waals surface area contributed by atoms with Crippen LogP contribution in [0.15, 0.2) is 18.2 Å². The Bertz CT molecular complexity index is 465. The van der Waals surface area contributed by atoms with E-state index in [0.29, 0.717) is 18.2 Å². The van der Waals surface area contributed by atoms with E-state index in [4.69, 9.17) is 11.6 Å². The van der Waals surface area contributed by atoms with Gasteiger partial charge in [-0.15, -0.1) is 0 Å². The van der Waals surface area contributed by atoms with Crippen LogP contribution in [0.3, 0.4) is 0 Å². The Morgan fingerprint density at radius 1 is 1.58 bits per heavy atom. The van der Waals surface area contributed by atoms with E-state index in [-0.39, 0.29) is 16.7 Å². The van der Waals surface area contributed by atoms with Gasteiger partial charge in [0, 0.05) is 18.2 Å². The van der Waals surface area contributed by atoms with Crippen LogP contribution in [-0.4, -0.2) is 42.1 Å². The quantitative estimate of drug-likeness (QED) is 0.891. The lowest BCUT2D eigenvalue weighted by Gasteiger charge is -2.19. The van der Waals surface area contributed by atoms with Crippen molar-refractivity contribution in [2.45, 2.75) is 25.3 Å². The Balaban J connectivity index is 1.82. The highest BCUT2D eigenvalue weighted by Crippen LogP contribution is 2.23. The van der Waals surface area contributed by atoms with E-state index in [1.54, 1.807) is 6.07 Å². The number of nitrogens with zero attached hydrogens (tertiary/aromatic N) is 1. The van der Waals surface area contributed by atoms with Gasteiger partial charge in [-0.2, -0.15) is 0 Å². The number of phenolic OH excluding ortho intramolecular Hbond substituents is 1. The van der Waals surface area contributed by atoms with Gasteiger partial charge < -0.3 is 15.3 Å². The van der Waals surface area contributed by atoms with E-state index in [0.717, 1.165) is 13.0 Å². The monoisotopic (exact) mass is 282 g/mol. The summed E-state index contributed by atoms with van der Waals surface area (Å²) in [4.78, 5) is 14.2. The smallest absolute Gasteiger partial charge is 0.251 e. The summed E-state index contributed by atoms with van der Waals surface area (Å²) in [5.74, 6) is -0.159. The Hall–Kier alpha value is -1.26. The molecule has 0 radical (unpaired) electrons. The summed E-state index contributed by atoms with van der Waals surface area (Å²) in [6, 6.07) is 5.05. The number of rotatable bonds is 4. The first-order valence-electron chi connectivity index (χ1n) is 6.55. The van der Waals surface area contributed by atoms with Gasteiger partial charge in [0.15, 0.2) is 0 Å². The highest BCUT2D eigenvalue weighted by atomic mass is 35.5. The Morgan fingerprint density at radius 3 is 3.00 bits per heavy atom. The molecule has 1 heterocycles. The lowest BCUT2D eigenvalue weighted by molar-refractivity contribution is 0.0950.